The van der Waals surface area contributed by atoms with Crippen LogP contribution in [-0.4, -0.2) is 12.5 Å². The summed E-state index contributed by atoms with van der Waals surface area (Å²) in [6, 6.07) is 5.83. The molecule has 0 unspecified atom stereocenters. The molecule has 20 heavy (non-hydrogen) atoms. The third-order valence-electron chi connectivity index (χ3n) is 4.08. The Morgan fingerprint density at radius 2 is 2.10 bits per heavy atom. The molecule has 0 radical (unpaired) electrons. The highest BCUT2D eigenvalue weighted by Gasteiger charge is 2.36. The number of hydrogen-bond acceptors (Lipinski definition) is 2. The van der Waals surface area contributed by atoms with Crippen LogP contribution in [0.4, 0.5) is 5.69 Å². The van der Waals surface area contributed by atoms with Gasteiger partial charge in [0.05, 0.1) is 6.54 Å². The molecule has 1 amide bonds. The van der Waals surface area contributed by atoms with E-state index in [1.165, 1.54) is 0 Å². The van der Waals surface area contributed by atoms with Gasteiger partial charge in [-0.15, -0.1) is 0 Å². The number of carbonyl (C=O) groups is 1. The summed E-state index contributed by atoms with van der Waals surface area (Å²) >= 11 is 0. The van der Waals surface area contributed by atoms with Crippen molar-refractivity contribution in [2.75, 3.05) is 11.9 Å². The van der Waals surface area contributed by atoms with E-state index >= 15 is 0 Å². The van der Waals surface area contributed by atoms with Crippen LogP contribution >= 0.6 is 0 Å². The minimum atomic E-state index is -0.214. The average molecular weight is 270 g/mol. The standard InChI is InChI=1S/C17H22N2O/c1-13-7-8-15(12-14(13)6-5-11-18)19-16(20)17(2)9-3-4-10-17/h7-8,12H,3-4,9-11,18H2,1-2H3,(H,19,20). The van der Waals surface area contributed by atoms with Crippen molar-refractivity contribution in [1.82, 2.24) is 0 Å². The second-order valence-electron chi connectivity index (χ2n) is 5.76. The van der Waals surface area contributed by atoms with Gasteiger partial charge in [-0.05, 0) is 37.5 Å². The van der Waals surface area contributed by atoms with Crippen LogP contribution in [0.3, 0.4) is 0 Å². The van der Waals surface area contributed by atoms with Gasteiger partial charge in [0.15, 0.2) is 0 Å². The predicted molar refractivity (Wildman–Crippen MR) is 82.3 cm³/mol. The van der Waals surface area contributed by atoms with Crippen LogP contribution in [0.1, 0.15) is 43.7 Å². The maximum absolute atomic E-state index is 12.4. The lowest BCUT2D eigenvalue weighted by Crippen LogP contribution is -2.30. The number of carbonyl (C=O) groups excluding carboxylic acids is 1. The third-order valence-corrected chi connectivity index (χ3v) is 4.08. The summed E-state index contributed by atoms with van der Waals surface area (Å²) in [7, 11) is 0. The van der Waals surface area contributed by atoms with Gasteiger partial charge in [-0.3, -0.25) is 4.79 Å². The number of benzene rings is 1. The summed E-state index contributed by atoms with van der Waals surface area (Å²) in [6.45, 7) is 4.40. The van der Waals surface area contributed by atoms with Gasteiger partial charge in [-0.1, -0.05) is 37.7 Å². The zero-order chi connectivity index (χ0) is 14.6. The largest absolute Gasteiger partial charge is 0.326 e. The van der Waals surface area contributed by atoms with Gasteiger partial charge in [-0.2, -0.15) is 0 Å². The Labute approximate surface area is 120 Å². The number of rotatable bonds is 2. The number of nitrogens with one attached hydrogen (secondary N) is 1. The van der Waals surface area contributed by atoms with Crippen LogP contribution in [-0.2, 0) is 4.79 Å². The van der Waals surface area contributed by atoms with E-state index in [0.29, 0.717) is 6.54 Å². The molecular weight excluding hydrogens is 248 g/mol. The fourth-order valence-corrected chi connectivity index (χ4v) is 2.65. The van der Waals surface area contributed by atoms with Gasteiger partial charge < -0.3 is 11.1 Å². The lowest BCUT2D eigenvalue weighted by Gasteiger charge is -2.22. The van der Waals surface area contributed by atoms with E-state index in [1.807, 2.05) is 25.1 Å². The van der Waals surface area contributed by atoms with E-state index < -0.39 is 0 Å². The van der Waals surface area contributed by atoms with Crippen molar-refractivity contribution in [3.05, 3.63) is 29.3 Å². The monoisotopic (exact) mass is 270 g/mol. The van der Waals surface area contributed by atoms with Gasteiger partial charge in [-0.25, -0.2) is 0 Å². The van der Waals surface area contributed by atoms with Crippen molar-refractivity contribution in [1.29, 1.82) is 0 Å². The van der Waals surface area contributed by atoms with E-state index in [0.717, 1.165) is 42.5 Å². The molecule has 0 heterocycles. The molecule has 3 nitrogen and oxygen atoms in total. The zero-order valence-corrected chi connectivity index (χ0v) is 12.3. The average Bonchev–Trinajstić information content (AvgIpc) is 2.87. The van der Waals surface area contributed by atoms with Gasteiger partial charge >= 0.3 is 0 Å². The highest BCUT2D eigenvalue weighted by molar-refractivity contribution is 5.95. The van der Waals surface area contributed by atoms with Gasteiger partial charge in [0.1, 0.15) is 0 Å². The highest BCUT2D eigenvalue weighted by Crippen LogP contribution is 2.38. The summed E-state index contributed by atoms with van der Waals surface area (Å²) < 4.78 is 0. The quantitative estimate of drug-likeness (QED) is 0.812. The van der Waals surface area contributed by atoms with Crippen molar-refractivity contribution < 1.29 is 4.79 Å². The van der Waals surface area contributed by atoms with E-state index in [9.17, 15) is 4.79 Å². The Balaban J connectivity index is 2.15. The Bertz CT molecular complexity index is 560. The molecule has 1 fully saturated rings. The van der Waals surface area contributed by atoms with Crippen LogP contribution in [0, 0.1) is 24.2 Å². The van der Waals surface area contributed by atoms with Gasteiger partial charge in [0, 0.05) is 16.7 Å². The smallest absolute Gasteiger partial charge is 0.230 e. The van der Waals surface area contributed by atoms with Crippen LogP contribution in [0.25, 0.3) is 0 Å². The molecule has 3 N–H and O–H groups in total. The van der Waals surface area contributed by atoms with E-state index in [1.54, 1.807) is 0 Å². The number of nitrogens with two attached hydrogens (primary N) is 1. The Hall–Kier alpha value is -1.79. The van der Waals surface area contributed by atoms with Crippen LogP contribution in [0.5, 0.6) is 0 Å². The molecule has 1 saturated carbocycles. The molecule has 1 aliphatic carbocycles. The third kappa shape index (κ3) is 3.20. The summed E-state index contributed by atoms with van der Waals surface area (Å²) in [5.74, 6) is 6.01. The van der Waals surface area contributed by atoms with Crippen LogP contribution in [0.2, 0.25) is 0 Å². The molecule has 0 atom stereocenters. The molecule has 0 aromatic heterocycles. The molecule has 106 valence electrons. The fraction of sp³-hybridized carbons (Fsp3) is 0.471. The number of aryl methyl sites for hydroxylation is 1. The van der Waals surface area contributed by atoms with Crippen molar-refractivity contribution in [3.8, 4) is 11.8 Å². The first kappa shape index (κ1) is 14.6. The van der Waals surface area contributed by atoms with E-state index in [4.69, 9.17) is 5.73 Å². The maximum Gasteiger partial charge on any atom is 0.230 e. The molecule has 0 saturated heterocycles. The Morgan fingerprint density at radius 1 is 1.40 bits per heavy atom. The minimum absolute atomic E-state index is 0.122. The van der Waals surface area contributed by atoms with Crippen LogP contribution < -0.4 is 11.1 Å². The van der Waals surface area contributed by atoms with E-state index in [-0.39, 0.29) is 11.3 Å². The normalized spacial score (nSPS) is 16.4. The molecule has 0 aliphatic heterocycles. The molecule has 3 heteroatoms. The molecular formula is C17H22N2O. The highest BCUT2D eigenvalue weighted by atomic mass is 16.2. The summed E-state index contributed by atoms with van der Waals surface area (Å²) in [4.78, 5) is 12.4. The minimum Gasteiger partial charge on any atom is -0.326 e. The molecule has 0 spiro atoms. The Morgan fingerprint density at radius 3 is 2.75 bits per heavy atom. The summed E-state index contributed by atoms with van der Waals surface area (Å²) in [5.41, 5.74) is 8.02. The van der Waals surface area contributed by atoms with Crippen molar-refractivity contribution >= 4 is 11.6 Å². The molecule has 0 bridgehead atoms. The zero-order valence-electron chi connectivity index (χ0n) is 12.3. The first-order chi connectivity index (χ1) is 9.55. The van der Waals surface area contributed by atoms with Gasteiger partial charge in [0.2, 0.25) is 5.91 Å². The van der Waals surface area contributed by atoms with Gasteiger partial charge in [0.25, 0.3) is 0 Å². The maximum atomic E-state index is 12.4. The SMILES string of the molecule is Cc1ccc(NC(=O)C2(C)CCCC2)cc1C#CCN. The molecule has 2 rings (SSSR count). The number of amides is 1. The number of anilines is 1. The van der Waals surface area contributed by atoms with Crippen molar-refractivity contribution in [2.24, 2.45) is 11.1 Å². The predicted octanol–water partition coefficient (Wildman–Crippen LogP) is 2.82. The summed E-state index contributed by atoms with van der Waals surface area (Å²) in [5, 5.41) is 3.03. The molecule has 1 aliphatic rings. The lowest BCUT2D eigenvalue weighted by molar-refractivity contribution is -0.124. The Kier molecular flexibility index (Phi) is 4.46. The first-order valence-corrected chi connectivity index (χ1v) is 7.16. The second kappa shape index (κ2) is 6.11. The van der Waals surface area contributed by atoms with E-state index in [2.05, 4.69) is 24.1 Å². The molecule has 1 aromatic carbocycles. The second-order valence-corrected chi connectivity index (χ2v) is 5.76. The topological polar surface area (TPSA) is 55.1 Å². The first-order valence-electron chi connectivity index (χ1n) is 7.16. The van der Waals surface area contributed by atoms with Crippen molar-refractivity contribution in [3.63, 3.8) is 0 Å². The number of hydrogen-bond donors (Lipinski definition) is 2. The lowest BCUT2D eigenvalue weighted by atomic mass is 9.88. The summed E-state index contributed by atoms with van der Waals surface area (Å²) in [6.07, 6.45) is 4.24. The van der Waals surface area contributed by atoms with Crippen molar-refractivity contribution in [2.45, 2.75) is 39.5 Å². The fourth-order valence-electron chi connectivity index (χ4n) is 2.65. The molecule has 1 aromatic rings. The van der Waals surface area contributed by atoms with Crippen LogP contribution in [0.15, 0.2) is 18.2 Å².